The third-order valence-corrected chi connectivity index (χ3v) is 4.91. The number of alkyl halides is 3. The van der Waals surface area contributed by atoms with Gasteiger partial charge in [-0.15, -0.1) is 0 Å². The maximum Gasteiger partial charge on any atom is 0.272 e. The van der Waals surface area contributed by atoms with Gasteiger partial charge < -0.3 is 14.8 Å². The molecule has 1 amide bonds. The topological polar surface area (TPSA) is 47.6 Å². The molecule has 2 rings (SSSR count). The molecule has 1 N–H and O–H groups in total. The molecule has 0 heterocycles. The largest absolute Gasteiger partial charge is 0.359 e. The van der Waals surface area contributed by atoms with Crippen LogP contribution < -0.4 is 5.32 Å². The summed E-state index contributed by atoms with van der Waals surface area (Å²) in [7, 11) is 1.58. The van der Waals surface area contributed by atoms with E-state index in [2.05, 4.69) is 5.32 Å². The number of carbonyl (C=O) groups is 1. The van der Waals surface area contributed by atoms with E-state index >= 15 is 0 Å². The first-order chi connectivity index (χ1) is 14.4. The molecule has 0 aromatic heterocycles. The minimum atomic E-state index is -2.02. The van der Waals surface area contributed by atoms with Crippen LogP contribution in [0.3, 0.4) is 0 Å². The maximum absolute atomic E-state index is 12.2. The van der Waals surface area contributed by atoms with Crippen molar-refractivity contribution in [1.29, 1.82) is 0 Å². The molecule has 0 bridgehead atoms. The summed E-state index contributed by atoms with van der Waals surface area (Å²) in [4.78, 5) is 12.2. The molecule has 0 saturated carbocycles. The highest BCUT2D eigenvalue weighted by molar-refractivity contribution is 6.76. The number of benzene rings is 2. The van der Waals surface area contributed by atoms with Gasteiger partial charge in [0.25, 0.3) is 9.70 Å². The molecule has 0 aliphatic heterocycles. The lowest BCUT2D eigenvalue weighted by Crippen LogP contribution is -2.41. The molecular weight excluding hydrogens is 445 g/mol. The lowest BCUT2D eigenvalue weighted by molar-refractivity contribution is -0.120. The smallest absolute Gasteiger partial charge is 0.272 e. The first kappa shape index (κ1) is 24.7. The number of hydrogen-bond acceptors (Lipinski definition) is 3. The molecular formula is C23H26Cl3NO3. The zero-order valence-corrected chi connectivity index (χ0v) is 19.0. The normalized spacial score (nSPS) is 13.9. The number of halogens is 3. The van der Waals surface area contributed by atoms with Crippen LogP contribution in [0.5, 0.6) is 0 Å². The number of nitrogens with one attached hydrogen (secondary N) is 1. The van der Waals surface area contributed by atoms with Gasteiger partial charge >= 0.3 is 0 Å². The summed E-state index contributed by atoms with van der Waals surface area (Å²) in [5.41, 5.74) is 2.30. The minimum Gasteiger partial charge on any atom is -0.359 e. The van der Waals surface area contributed by atoms with Crippen molar-refractivity contribution in [3.63, 3.8) is 0 Å². The Morgan fingerprint density at radius 3 is 2.17 bits per heavy atom. The van der Waals surface area contributed by atoms with Crippen LogP contribution in [0.25, 0.3) is 0 Å². The second kappa shape index (κ2) is 13.0. The van der Waals surface area contributed by atoms with E-state index in [1.54, 1.807) is 7.11 Å². The average Bonchev–Trinajstić information content (AvgIpc) is 2.74. The highest BCUT2D eigenvalue weighted by Gasteiger charge is 2.31. The van der Waals surface area contributed by atoms with Gasteiger partial charge in [-0.05, 0) is 24.0 Å². The average molecular weight is 471 g/mol. The van der Waals surface area contributed by atoms with E-state index in [-0.39, 0.29) is 18.9 Å². The SMILES string of the molecule is COCO[C@H](/C=C/[C@@H](CCc1ccccc1)NC(=O)C(Cl)(Cl)Cl)Cc1ccccc1. The highest BCUT2D eigenvalue weighted by Crippen LogP contribution is 2.26. The van der Waals surface area contributed by atoms with Crippen molar-refractivity contribution in [1.82, 2.24) is 5.32 Å². The molecule has 2 aromatic rings. The second-order valence-corrected chi connectivity index (χ2v) is 9.07. The van der Waals surface area contributed by atoms with Crippen molar-refractivity contribution in [3.8, 4) is 0 Å². The molecule has 2 aromatic carbocycles. The third-order valence-electron chi connectivity index (χ3n) is 4.40. The zero-order chi connectivity index (χ0) is 21.8. The summed E-state index contributed by atoms with van der Waals surface area (Å²) in [6, 6.07) is 19.7. The molecule has 0 spiro atoms. The van der Waals surface area contributed by atoms with Gasteiger partial charge in [-0.25, -0.2) is 0 Å². The Kier molecular flexibility index (Phi) is 10.7. The molecule has 0 unspecified atom stereocenters. The van der Waals surface area contributed by atoms with Crippen LogP contribution in [0.15, 0.2) is 72.8 Å². The van der Waals surface area contributed by atoms with Crippen molar-refractivity contribution in [2.45, 2.75) is 35.2 Å². The van der Waals surface area contributed by atoms with Gasteiger partial charge in [0.2, 0.25) is 0 Å². The van der Waals surface area contributed by atoms with Crippen LogP contribution in [-0.2, 0) is 27.1 Å². The van der Waals surface area contributed by atoms with E-state index in [4.69, 9.17) is 44.3 Å². The molecule has 4 nitrogen and oxygen atoms in total. The van der Waals surface area contributed by atoms with Gasteiger partial charge in [0, 0.05) is 19.6 Å². The fourth-order valence-electron chi connectivity index (χ4n) is 2.88. The highest BCUT2D eigenvalue weighted by atomic mass is 35.6. The summed E-state index contributed by atoms with van der Waals surface area (Å²) >= 11 is 17.2. The molecule has 2 atom stereocenters. The predicted octanol–water partition coefficient (Wildman–Crippen LogP) is 5.26. The predicted molar refractivity (Wildman–Crippen MR) is 123 cm³/mol. The van der Waals surface area contributed by atoms with E-state index in [1.165, 1.54) is 0 Å². The van der Waals surface area contributed by atoms with Crippen molar-refractivity contribution in [2.24, 2.45) is 0 Å². The minimum absolute atomic E-state index is 0.164. The molecule has 162 valence electrons. The Morgan fingerprint density at radius 2 is 1.60 bits per heavy atom. The molecule has 0 fully saturated rings. The molecule has 0 aliphatic carbocycles. The number of rotatable bonds is 11. The number of aryl methyl sites for hydroxylation is 1. The maximum atomic E-state index is 12.2. The van der Waals surface area contributed by atoms with Gasteiger partial charge in [-0.3, -0.25) is 4.79 Å². The van der Waals surface area contributed by atoms with Crippen LogP contribution in [-0.4, -0.2) is 35.7 Å². The molecule has 30 heavy (non-hydrogen) atoms. The molecule has 0 radical (unpaired) electrons. The van der Waals surface area contributed by atoms with Gasteiger partial charge in [-0.1, -0.05) is 108 Å². The van der Waals surface area contributed by atoms with Gasteiger partial charge in [0.15, 0.2) is 0 Å². The van der Waals surface area contributed by atoms with Crippen molar-refractivity contribution >= 4 is 40.7 Å². The quantitative estimate of drug-likeness (QED) is 0.277. The van der Waals surface area contributed by atoms with Crippen LogP contribution in [0.4, 0.5) is 0 Å². The van der Waals surface area contributed by atoms with E-state index in [1.807, 2.05) is 72.8 Å². The van der Waals surface area contributed by atoms with E-state index in [0.717, 1.165) is 17.5 Å². The number of hydrogen-bond donors (Lipinski definition) is 1. The Bertz CT molecular complexity index is 779. The summed E-state index contributed by atoms with van der Waals surface area (Å²) in [6.07, 6.45) is 5.66. The number of amides is 1. The van der Waals surface area contributed by atoms with Crippen LogP contribution in [0.2, 0.25) is 0 Å². The number of carbonyl (C=O) groups excluding carboxylic acids is 1. The fraction of sp³-hybridized carbons (Fsp3) is 0.348. The van der Waals surface area contributed by atoms with Crippen LogP contribution >= 0.6 is 34.8 Å². The number of methoxy groups -OCH3 is 1. The summed E-state index contributed by atoms with van der Waals surface area (Å²) in [6.45, 7) is 0.164. The van der Waals surface area contributed by atoms with Crippen LogP contribution in [0, 0.1) is 0 Å². The lowest BCUT2D eigenvalue weighted by Gasteiger charge is -2.20. The van der Waals surface area contributed by atoms with Gasteiger partial charge in [-0.2, -0.15) is 0 Å². The molecule has 7 heteroatoms. The molecule has 0 saturated heterocycles. The van der Waals surface area contributed by atoms with Gasteiger partial charge in [0.1, 0.15) is 6.79 Å². The molecule has 0 aliphatic rings. The third kappa shape index (κ3) is 9.50. The monoisotopic (exact) mass is 469 g/mol. The van der Waals surface area contributed by atoms with E-state index in [0.29, 0.717) is 12.8 Å². The Hall–Kier alpha value is -1.56. The van der Waals surface area contributed by atoms with Gasteiger partial charge in [0.05, 0.1) is 6.10 Å². The zero-order valence-electron chi connectivity index (χ0n) is 16.8. The fourth-order valence-corrected chi connectivity index (χ4v) is 3.04. The first-order valence-corrected chi connectivity index (χ1v) is 10.8. The second-order valence-electron chi connectivity index (χ2n) is 6.79. The van der Waals surface area contributed by atoms with Crippen molar-refractivity contribution in [2.75, 3.05) is 13.9 Å². The Morgan fingerprint density at radius 1 is 1.00 bits per heavy atom. The standard InChI is InChI=1S/C23H26Cl3NO3/c1-29-17-30-21(16-19-10-6-3-7-11-19)15-14-20(27-22(28)23(24,25)26)13-12-18-8-4-2-5-9-18/h2-11,14-15,20-21H,12-13,16-17H2,1H3,(H,27,28)/b15-14+/t20-,21-/m1/s1. The summed E-state index contributed by atoms with van der Waals surface area (Å²) < 4.78 is 8.81. The first-order valence-electron chi connectivity index (χ1n) is 9.63. The lowest BCUT2D eigenvalue weighted by atomic mass is 10.0. The van der Waals surface area contributed by atoms with E-state index in [9.17, 15) is 4.79 Å². The van der Waals surface area contributed by atoms with Crippen LogP contribution in [0.1, 0.15) is 17.5 Å². The number of ether oxygens (including phenoxy) is 2. The van der Waals surface area contributed by atoms with E-state index < -0.39 is 9.70 Å². The van der Waals surface area contributed by atoms with Crippen molar-refractivity contribution in [3.05, 3.63) is 83.9 Å². The van der Waals surface area contributed by atoms with Crippen molar-refractivity contribution < 1.29 is 14.3 Å². The summed E-state index contributed by atoms with van der Waals surface area (Å²) in [5, 5.41) is 2.79. The Balaban J connectivity index is 2.10. The summed E-state index contributed by atoms with van der Waals surface area (Å²) in [5.74, 6) is -0.660. The Labute approximate surface area is 193 Å².